The van der Waals surface area contributed by atoms with Crippen molar-refractivity contribution in [2.24, 2.45) is 0 Å². The lowest BCUT2D eigenvalue weighted by atomic mass is 10.3. The monoisotopic (exact) mass is 345 g/mol. The molecule has 0 fully saturated rings. The second-order valence-corrected chi connectivity index (χ2v) is 4.37. The van der Waals surface area contributed by atoms with Crippen LogP contribution in [0.2, 0.25) is 0 Å². The Hall–Kier alpha value is -1.97. The highest BCUT2D eigenvalue weighted by atomic mass is 19.4. The van der Waals surface area contributed by atoms with E-state index in [0.717, 1.165) is 0 Å². The van der Waals surface area contributed by atoms with Crippen LogP contribution in [0.15, 0.2) is 24.3 Å². The van der Waals surface area contributed by atoms with E-state index < -0.39 is 38.1 Å². The normalized spacial score (nSPS) is 12.1. The summed E-state index contributed by atoms with van der Waals surface area (Å²) in [4.78, 5) is 11.5. The van der Waals surface area contributed by atoms with Crippen molar-refractivity contribution in [1.82, 2.24) is 0 Å². The fourth-order valence-electron chi connectivity index (χ4n) is 1.42. The number of hydrogen-bond acceptors (Lipinski definition) is 3. The summed E-state index contributed by atoms with van der Waals surface area (Å²) in [5.74, 6) is -0.912. The molecule has 1 N–H and O–H groups in total. The van der Waals surface area contributed by atoms with Crippen LogP contribution in [0.4, 0.5) is 32.0 Å². The highest BCUT2D eigenvalue weighted by Crippen LogP contribution is 2.26. The molecule has 0 radical (unpaired) electrons. The minimum absolute atomic E-state index is 0.0161. The maximum absolute atomic E-state index is 12.1. The number of alkyl halides is 6. The van der Waals surface area contributed by atoms with Crippen LogP contribution in [0.1, 0.15) is 6.42 Å². The number of benzene rings is 1. The van der Waals surface area contributed by atoms with Crippen molar-refractivity contribution in [2.75, 3.05) is 25.1 Å². The van der Waals surface area contributed by atoms with Gasteiger partial charge in [0.1, 0.15) is 12.4 Å². The molecule has 0 aliphatic rings. The predicted octanol–water partition coefficient (Wildman–Crippen LogP) is 3.54. The third-order valence-electron chi connectivity index (χ3n) is 2.29. The van der Waals surface area contributed by atoms with Gasteiger partial charge in [0.25, 0.3) is 0 Å². The van der Waals surface area contributed by atoms with E-state index in [1.54, 1.807) is 0 Å². The Kier molecular flexibility index (Phi) is 6.67. The van der Waals surface area contributed by atoms with Crippen LogP contribution in [0.25, 0.3) is 0 Å². The molecule has 0 spiro atoms. The molecule has 1 rings (SSSR count). The molecule has 1 amide bonds. The van der Waals surface area contributed by atoms with E-state index in [2.05, 4.69) is 14.8 Å². The second kappa shape index (κ2) is 8.04. The Morgan fingerprint density at radius 2 is 1.61 bits per heavy atom. The Bertz CT molecular complexity index is 515. The zero-order chi connectivity index (χ0) is 17.5. The van der Waals surface area contributed by atoms with Gasteiger partial charge in [-0.3, -0.25) is 4.79 Å². The van der Waals surface area contributed by atoms with Crippen molar-refractivity contribution in [3.8, 4) is 5.75 Å². The van der Waals surface area contributed by atoms with Gasteiger partial charge in [-0.05, 0) is 12.1 Å². The predicted molar refractivity (Wildman–Crippen MR) is 68.1 cm³/mol. The van der Waals surface area contributed by atoms with Crippen molar-refractivity contribution in [3.63, 3.8) is 0 Å². The first-order valence-electron chi connectivity index (χ1n) is 6.30. The molecule has 0 atom stereocenters. The van der Waals surface area contributed by atoms with Gasteiger partial charge >= 0.3 is 12.4 Å². The maximum Gasteiger partial charge on any atom is 0.422 e. The Labute approximate surface area is 127 Å². The third kappa shape index (κ3) is 8.91. The molecule has 0 saturated heterocycles. The van der Waals surface area contributed by atoms with E-state index in [4.69, 9.17) is 0 Å². The van der Waals surface area contributed by atoms with Crippen LogP contribution in [-0.4, -0.2) is 38.1 Å². The van der Waals surface area contributed by atoms with Crippen molar-refractivity contribution >= 4 is 11.6 Å². The molecule has 0 heterocycles. The molecule has 0 aromatic heterocycles. The highest BCUT2D eigenvalue weighted by Gasteiger charge is 2.29. The van der Waals surface area contributed by atoms with E-state index in [1.807, 2.05) is 0 Å². The van der Waals surface area contributed by atoms with Gasteiger partial charge < -0.3 is 14.8 Å². The molecule has 10 heteroatoms. The van der Waals surface area contributed by atoms with Gasteiger partial charge in [0, 0.05) is 0 Å². The lowest BCUT2D eigenvalue weighted by Gasteiger charge is -2.14. The summed E-state index contributed by atoms with van der Waals surface area (Å²) in [5.41, 5.74) is -0.0161. The summed E-state index contributed by atoms with van der Waals surface area (Å²) in [7, 11) is 0. The van der Waals surface area contributed by atoms with Crippen molar-refractivity contribution in [3.05, 3.63) is 24.3 Å². The van der Waals surface area contributed by atoms with Gasteiger partial charge in [0.2, 0.25) is 5.91 Å². The lowest BCUT2D eigenvalue weighted by Crippen LogP contribution is -2.21. The quantitative estimate of drug-likeness (QED) is 0.607. The zero-order valence-corrected chi connectivity index (χ0v) is 11.6. The molecule has 0 aliphatic heterocycles. The summed E-state index contributed by atoms with van der Waals surface area (Å²) < 4.78 is 80.6. The van der Waals surface area contributed by atoms with Crippen molar-refractivity contribution < 1.29 is 40.6 Å². The van der Waals surface area contributed by atoms with Crippen LogP contribution in [0.3, 0.4) is 0 Å². The Morgan fingerprint density at radius 3 is 2.22 bits per heavy atom. The summed E-state index contributed by atoms with van der Waals surface area (Å²) in [6.45, 7) is -3.49. The number of amides is 1. The molecule has 130 valence electrons. The van der Waals surface area contributed by atoms with Gasteiger partial charge in [-0.25, -0.2) is 0 Å². The van der Waals surface area contributed by atoms with E-state index in [9.17, 15) is 31.1 Å². The standard InChI is InChI=1S/C13H13F6NO3/c14-12(15,16)7-22-6-5-11(21)20-9-3-1-2-4-10(9)23-8-13(17,18)19/h1-4H,5-8H2,(H,20,21). The highest BCUT2D eigenvalue weighted by molar-refractivity contribution is 5.92. The molecule has 1 aromatic rings. The van der Waals surface area contributed by atoms with Gasteiger partial charge in [-0.15, -0.1) is 0 Å². The summed E-state index contributed by atoms with van der Waals surface area (Å²) in [5, 5.41) is 2.25. The number of anilines is 1. The van der Waals surface area contributed by atoms with Crippen molar-refractivity contribution in [2.45, 2.75) is 18.8 Å². The Balaban J connectivity index is 2.48. The van der Waals surface area contributed by atoms with Gasteiger partial charge in [-0.1, -0.05) is 12.1 Å². The largest absolute Gasteiger partial charge is 0.482 e. The van der Waals surface area contributed by atoms with Crippen LogP contribution in [0, 0.1) is 0 Å². The average Bonchev–Trinajstić information content (AvgIpc) is 2.41. The molecule has 0 aliphatic carbocycles. The first-order valence-corrected chi connectivity index (χ1v) is 6.30. The van der Waals surface area contributed by atoms with E-state index in [1.165, 1.54) is 24.3 Å². The fourth-order valence-corrected chi connectivity index (χ4v) is 1.42. The number of nitrogens with one attached hydrogen (secondary N) is 1. The van der Waals surface area contributed by atoms with Gasteiger partial charge in [-0.2, -0.15) is 26.3 Å². The minimum atomic E-state index is -4.54. The van der Waals surface area contributed by atoms with Gasteiger partial charge in [0.05, 0.1) is 18.7 Å². The second-order valence-electron chi connectivity index (χ2n) is 4.37. The van der Waals surface area contributed by atoms with Crippen LogP contribution in [-0.2, 0) is 9.53 Å². The van der Waals surface area contributed by atoms with Crippen molar-refractivity contribution in [1.29, 1.82) is 0 Å². The number of halogens is 6. The average molecular weight is 345 g/mol. The summed E-state index contributed by atoms with van der Waals surface area (Å²) in [6, 6.07) is 5.39. The van der Waals surface area contributed by atoms with Crippen LogP contribution >= 0.6 is 0 Å². The van der Waals surface area contributed by atoms with E-state index in [-0.39, 0.29) is 17.9 Å². The SMILES string of the molecule is O=C(CCOCC(F)(F)F)Nc1ccccc1OCC(F)(F)F. The van der Waals surface area contributed by atoms with E-state index >= 15 is 0 Å². The fraction of sp³-hybridized carbons (Fsp3) is 0.462. The third-order valence-corrected chi connectivity index (χ3v) is 2.29. The Morgan fingerprint density at radius 1 is 1.00 bits per heavy atom. The number of carbonyl (C=O) groups excluding carboxylic acids is 1. The first kappa shape index (κ1) is 19.1. The zero-order valence-electron chi connectivity index (χ0n) is 11.6. The molecular formula is C13H13F6NO3. The van der Waals surface area contributed by atoms with Crippen LogP contribution in [0.5, 0.6) is 5.75 Å². The number of hydrogen-bond donors (Lipinski definition) is 1. The number of carbonyl (C=O) groups is 1. The molecule has 4 nitrogen and oxygen atoms in total. The summed E-state index contributed by atoms with van der Waals surface area (Å²) in [6.07, 6.45) is -9.42. The van der Waals surface area contributed by atoms with E-state index in [0.29, 0.717) is 0 Å². The molecule has 1 aromatic carbocycles. The molecule has 23 heavy (non-hydrogen) atoms. The summed E-state index contributed by atoms with van der Waals surface area (Å²) >= 11 is 0. The number of rotatable bonds is 7. The maximum atomic E-state index is 12.1. The van der Waals surface area contributed by atoms with Gasteiger partial charge in [0.15, 0.2) is 6.61 Å². The number of ether oxygens (including phenoxy) is 2. The molecule has 0 saturated carbocycles. The smallest absolute Gasteiger partial charge is 0.422 e. The molecule has 0 unspecified atom stereocenters. The molecule has 0 bridgehead atoms. The lowest BCUT2D eigenvalue weighted by molar-refractivity contribution is -0.174. The van der Waals surface area contributed by atoms with Crippen LogP contribution < -0.4 is 10.1 Å². The topological polar surface area (TPSA) is 47.6 Å². The number of para-hydroxylation sites is 2. The first-order chi connectivity index (χ1) is 10.6. The minimum Gasteiger partial charge on any atom is -0.482 e. The molecular weight excluding hydrogens is 332 g/mol.